The van der Waals surface area contributed by atoms with E-state index in [1.807, 2.05) is 49.4 Å². The van der Waals surface area contributed by atoms with Crippen LogP contribution < -0.4 is 4.74 Å². The molecule has 8 heteroatoms. The number of hydrogen-bond acceptors (Lipinski definition) is 5. The number of nitrogens with one attached hydrogen (secondary N) is 1. The molecule has 0 unspecified atom stereocenters. The molecular weight excluding hydrogens is 482 g/mol. The number of rotatable bonds is 8. The molecule has 8 nitrogen and oxygen atoms in total. The number of aryl methyl sites for hydroxylation is 2. The zero-order valence-electron chi connectivity index (χ0n) is 20.5. The maximum Gasteiger partial charge on any atom is 0.352 e. The van der Waals surface area contributed by atoms with Crippen LogP contribution in [0, 0.1) is 18.3 Å². The summed E-state index contributed by atoms with van der Waals surface area (Å²) >= 11 is 0. The normalized spacial score (nSPS) is 10.9. The largest absolute Gasteiger partial charge is 0.491 e. The van der Waals surface area contributed by atoms with Crippen LogP contribution in [0.15, 0.2) is 66.7 Å². The minimum absolute atomic E-state index is 0.123. The fourth-order valence-electron chi connectivity index (χ4n) is 4.77. The molecule has 188 valence electrons. The number of aromatic nitrogens is 2. The summed E-state index contributed by atoms with van der Waals surface area (Å²) in [5.41, 5.74) is 5.02. The van der Waals surface area contributed by atoms with Gasteiger partial charge in [0, 0.05) is 16.3 Å². The Labute approximate surface area is 217 Å². The lowest BCUT2D eigenvalue weighted by Gasteiger charge is -2.10. The van der Waals surface area contributed by atoms with E-state index >= 15 is 0 Å². The second-order valence-corrected chi connectivity index (χ2v) is 8.93. The maximum absolute atomic E-state index is 12.1. The fraction of sp³-hybridized carbons (Fsp3) is 0.133. The van der Waals surface area contributed by atoms with Crippen LogP contribution in [0.4, 0.5) is 0 Å². The average Bonchev–Trinajstić information content (AvgIpc) is 3.30. The molecule has 0 spiro atoms. The van der Waals surface area contributed by atoms with Crippen molar-refractivity contribution >= 4 is 33.7 Å². The fourth-order valence-corrected chi connectivity index (χ4v) is 4.77. The lowest BCUT2D eigenvalue weighted by atomic mass is 9.95. The molecule has 0 aliphatic heterocycles. The highest BCUT2D eigenvalue weighted by atomic mass is 16.5. The van der Waals surface area contributed by atoms with Crippen molar-refractivity contribution in [1.29, 1.82) is 5.26 Å². The smallest absolute Gasteiger partial charge is 0.352 e. The number of pyridine rings is 1. The Balaban J connectivity index is 1.42. The van der Waals surface area contributed by atoms with E-state index in [4.69, 9.17) is 4.74 Å². The number of para-hydroxylation sites is 2. The molecule has 0 aliphatic carbocycles. The van der Waals surface area contributed by atoms with Crippen molar-refractivity contribution in [2.75, 3.05) is 6.61 Å². The van der Waals surface area contributed by atoms with E-state index < -0.39 is 11.9 Å². The molecule has 0 saturated heterocycles. The standard InChI is InChI=1S/C30H23N3O5/c1-17-15-19(29(34)35)11-13-21(17)22-6-3-7-23-24(28(30(36)37)33-27(22)23)8-4-14-38-25-9-2-5-18-10-12-20(16-31)32-26(18)25/h2-3,5-7,9-13,15,33H,4,8,14H2,1H3,(H,34,35)(H,36,37). The van der Waals surface area contributed by atoms with Crippen LogP contribution in [0.3, 0.4) is 0 Å². The molecule has 3 aromatic carbocycles. The summed E-state index contributed by atoms with van der Waals surface area (Å²) in [4.78, 5) is 30.9. The third-order valence-electron chi connectivity index (χ3n) is 6.55. The van der Waals surface area contributed by atoms with Crippen LogP contribution in [0.1, 0.15) is 44.1 Å². The SMILES string of the molecule is Cc1cc(C(=O)O)ccc1-c1cccc2c(CCCOc3cccc4ccc(C#N)nc34)c(C(=O)O)[nH]c12. The van der Waals surface area contributed by atoms with Gasteiger partial charge in [-0.3, -0.25) is 0 Å². The average molecular weight is 506 g/mol. The van der Waals surface area contributed by atoms with Gasteiger partial charge < -0.3 is 19.9 Å². The van der Waals surface area contributed by atoms with Gasteiger partial charge >= 0.3 is 11.9 Å². The molecule has 0 bridgehead atoms. The van der Waals surface area contributed by atoms with Crippen molar-refractivity contribution in [3.63, 3.8) is 0 Å². The van der Waals surface area contributed by atoms with Crippen LogP contribution in [0.5, 0.6) is 5.75 Å². The number of carboxylic acid groups (broad SMARTS) is 2. The first kappa shape index (κ1) is 24.5. The number of benzene rings is 3. The Kier molecular flexibility index (Phi) is 6.50. The zero-order valence-corrected chi connectivity index (χ0v) is 20.5. The van der Waals surface area contributed by atoms with E-state index in [9.17, 15) is 25.1 Å². The van der Waals surface area contributed by atoms with Crippen LogP contribution in [-0.4, -0.2) is 38.7 Å². The Hall–Kier alpha value is -5.16. The van der Waals surface area contributed by atoms with Gasteiger partial charge in [0.2, 0.25) is 0 Å². The Morgan fingerprint density at radius 1 is 1.00 bits per heavy atom. The molecule has 38 heavy (non-hydrogen) atoms. The van der Waals surface area contributed by atoms with Crippen LogP contribution in [-0.2, 0) is 6.42 Å². The molecule has 2 aromatic heterocycles. The highest BCUT2D eigenvalue weighted by molar-refractivity contribution is 6.03. The van der Waals surface area contributed by atoms with Gasteiger partial charge in [-0.2, -0.15) is 5.26 Å². The van der Waals surface area contributed by atoms with Crippen molar-refractivity contribution < 1.29 is 24.5 Å². The first-order valence-corrected chi connectivity index (χ1v) is 12.0. The number of carboxylic acids is 2. The van der Waals surface area contributed by atoms with E-state index in [-0.39, 0.29) is 11.3 Å². The topological polar surface area (TPSA) is 136 Å². The van der Waals surface area contributed by atoms with Gasteiger partial charge in [-0.05, 0) is 66.8 Å². The van der Waals surface area contributed by atoms with Gasteiger partial charge in [-0.1, -0.05) is 36.4 Å². The number of nitrogens with zero attached hydrogens (tertiary/aromatic N) is 2. The predicted molar refractivity (Wildman–Crippen MR) is 143 cm³/mol. The third-order valence-corrected chi connectivity index (χ3v) is 6.55. The van der Waals surface area contributed by atoms with Gasteiger partial charge in [-0.25, -0.2) is 14.6 Å². The van der Waals surface area contributed by atoms with E-state index in [0.29, 0.717) is 47.5 Å². The number of fused-ring (bicyclic) bond motifs is 2. The summed E-state index contributed by atoms with van der Waals surface area (Å²) in [6, 6.07) is 21.6. The Bertz CT molecular complexity index is 1760. The van der Waals surface area contributed by atoms with E-state index in [0.717, 1.165) is 27.5 Å². The van der Waals surface area contributed by atoms with Crippen LogP contribution in [0.25, 0.3) is 32.9 Å². The molecule has 0 fully saturated rings. The number of aromatic carboxylic acids is 2. The highest BCUT2D eigenvalue weighted by Crippen LogP contribution is 2.34. The number of hydrogen-bond donors (Lipinski definition) is 3. The molecular formula is C30H23N3O5. The van der Waals surface area contributed by atoms with Gasteiger partial charge in [0.15, 0.2) is 0 Å². The summed E-state index contributed by atoms with van der Waals surface area (Å²) in [6.07, 6.45) is 1.02. The number of H-pyrrole nitrogens is 1. The van der Waals surface area contributed by atoms with Crippen molar-refractivity contribution in [3.8, 4) is 22.9 Å². The Morgan fingerprint density at radius 2 is 1.82 bits per heavy atom. The van der Waals surface area contributed by atoms with Crippen molar-refractivity contribution in [2.45, 2.75) is 19.8 Å². The molecule has 0 amide bonds. The van der Waals surface area contributed by atoms with Crippen molar-refractivity contribution in [2.24, 2.45) is 0 Å². The third kappa shape index (κ3) is 4.53. The summed E-state index contributed by atoms with van der Waals surface area (Å²) in [7, 11) is 0. The summed E-state index contributed by atoms with van der Waals surface area (Å²) in [5, 5.41) is 30.1. The van der Waals surface area contributed by atoms with E-state index in [1.165, 1.54) is 0 Å². The number of carbonyl (C=O) groups is 2. The zero-order chi connectivity index (χ0) is 26.8. The molecule has 0 radical (unpaired) electrons. The molecule has 5 rings (SSSR count). The second kappa shape index (κ2) is 10.1. The molecule has 5 aromatic rings. The summed E-state index contributed by atoms with van der Waals surface area (Å²) in [6.45, 7) is 2.17. The molecule has 3 N–H and O–H groups in total. The monoisotopic (exact) mass is 505 g/mol. The van der Waals surface area contributed by atoms with Crippen LogP contribution in [0.2, 0.25) is 0 Å². The van der Waals surface area contributed by atoms with Crippen LogP contribution >= 0.6 is 0 Å². The van der Waals surface area contributed by atoms with Crippen molar-refractivity contribution in [3.05, 3.63) is 94.8 Å². The predicted octanol–water partition coefficient (Wildman–Crippen LogP) is 5.97. The molecule has 0 saturated carbocycles. The highest BCUT2D eigenvalue weighted by Gasteiger charge is 2.20. The van der Waals surface area contributed by atoms with Gasteiger partial charge in [0.1, 0.15) is 28.7 Å². The quantitative estimate of drug-likeness (QED) is 0.221. The lowest BCUT2D eigenvalue weighted by molar-refractivity contribution is 0.0682. The maximum atomic E-state index is 12.1. The van der Waals surface area contributed by atoms with Crippen molar-refractivity contribution in [1.82, 2.24) is 9.97 Å². The molecule has 0 aliphatic rings. The number of nitriles is 1. The summed E-state index contributed by atoms with van der Waals surface area (Å²) < 4.78 is 5.99. The van der Waals surface area contributed by atoms with Gasteiger partial charge in [-0.15, -0.1) is 0 Å². The first-order valence-electron chi connectivity index (χ1n) is 12.0. The van der Waals surface area contributed by atoms with E-state index in [1.54, 1.807) is 30.3 Å². The minimum atomic E-state index is -1.05. The second-order valence-electron chi connectivity index (χ2n) is 8.93. The number of aromatic amines is 1. The Morgan fingerprint density at radius 3 is 2.55 bits per heavy atom. The molecule has 2 heterocycles. The van der Waals surface area contributed by atoms with Gasteiger partial charge in [0.05, 0.1) is 17.7 Å². The number of ether oxygens (including phenoxy) is 1. The minimum Gasteiger partial charge on any atom is -0.491 e. The van der Waals surface area contributed by atoms with Gasteiger partial charge in [0.25, 0.3) is 0 Å². The molecule has 0 atom stereocenters. The lowest BCUT2D eigenvalue weighted by Crippen LogP contribution is -2.04. The summed E-state index contributed by atoms with van der Waals surface area (Å²) in [5.74, 6) is -1.48. The van der Waals surface area contributed by atoms with E-state index in [2.05, 4.69) is 9.97 Å². The first-order chi connectivity index (χ1) is 18.4.